The highest BCUT2D eigenvalue weighted by molar-refractivity contribution is 7.91. The van der Waals surface area contributed by atoms with Crippen molar-refractivity contribution in [2.45, 2.75) is 23.1 Å². The number of nitrogens with one attached hydrogen (secondary N) is 3. The summed E-state index contributed by atoms with van der Waals surface area (Å²) in [5.74, 6) is 0.410. The number of thiophene rings is 1. The van der Waals surface area contributed by atoms with Gasteiger partial charge in [-0.3, -0.25) is 4.79 Å². The predicted octanol–water partition coefficient (Wildman–Crippen LogP) is 3.39. The van der Waals surface area contributed by atoms with E-state index in [1.807, 2.05) is 54.6 Å². The van der Waals surface area contributed by atoms with Crippen LogP contribution in [0.2, 0.25) is 0 Å². The molecule has 1 atom stereocenters. The molecule has 2 aromatic heterocycles. The lowest BCUT2D eigenvalue weighted by Crippen LogP contribution is -2.34. The highest BCUT2D eigenvalue weighted by Crippen LogP contribution is 2.20. The summed E-state index contributed by atoms with van der Waals surface area (Å²) in [6.45, 7) is 0.0181. The second-order valence-corrected chi connectivity index (χ2v) is 9.97. The van der Waals surface area contributed by atoms with Gasteiger partial charge in [0.25, 0.3) is 0 Å². The molecule has 3 N–H and O–H groups in total. The summed E-state index contributed by atoms with van der Waals surface area (Å²) in [5.41, 5.74) is 2.79. The van der Waals surface area contributed by atoms with Crippen LogP contribution in [-0.2, 0) is 21.2 Å². The second-order valence-electron chi connectivity index (χ2n) is 7.03. The third-order valence-corrected chi connectivity index (χ3v) is 7.62. The van der Waals surface area contributed by atoms with Crippen molar-refractivity contribution in [1.82, 2.24) is 20.0 Å². The Morgan fingerprint density at radius 3 is 2.55 bits per heavy atom. The number of rotatable bonds is 9. The highest BCUT2D eigenvalue weighted by atomic mass is 32.2. The third-order valence-electron chi connectivity index (χ3n) is 4.76. The van der Waals surface area contributed by atoms with Crippen LogP contribution in [0.3, 0.4) is 0 Å². The number of aromatic amines is 1. The molecule has 0 fully saturated rings. The molecule has 160 valence electrons. The molecule has 0 spiro atoms. The molecule has 0 aliphatic carbocycles. The Balaban J connectivity index is 1.44. The Bertz CT molecular complexity index is 1220. The number of H-pyrrole nitrogens is 1. The largest absolute Gasteiger partial charge is 0.346 e. The first kappa shape index (κ1) is 21.2. The van der Waals surface area contributed by atoms with E-state index < -0.39 is 10.0 Å². The summed E-state index contributed by atoms with van der Waals surface area (Å²) in [6, 6.07) is 20.4. The van der Waals surface area contributed by atoms with E-state index in [4.69, 9.17) is 0 Å². The standard InChI is InChI=1S/C22H22N4O3S2/c27-20(12-13-23-31(28,29)21-11-6-14-30-21)24-19(15-16-7-2-1-3-8-16)22-25-17-9-4-5-10-18(17)26-22/h1-11,14,19,23H,12-13,15H2,(H,24,27)(H,25,26). The number of nitrogens with zero attached hydrogens (tertiary/aromatic N) is 1. The van der Waals surface area contributed by atoms with E-state index in [-0.39, 0.29) is 29.1 Å². The Labute approximate surface area is 184 Å². The summed E-state index contributed by atoms with van der Waals surface area (Å²) in [5, 5.41) is 4.70. The van der Waals surface area contributed by atoms with Gasteiger partial charge in [0.15, 0.2) is 0 Å². The molecule has 4 rings (SSSR count). The normalized spacial score (nSPS) is 12.6. The minimum Gasteiger partial charge on any atom is -0.346 e. The van der Waals surface area contributed by atoms with E-state index in [9.17, 15) is 13.2 Å². The minimum atomic E-state index is -3.59. The average Bonchev–Trinajstić information content (AvgIpc) is 3.44. The van der Waals surface area contributed by atoms with Gasteiger partial charge in [0, 0.05) is 13.0 Å². The zero-order valence-corrected chi connectivity index (χ0v) is 18.2. The van der Waals surface area contributed by atoms with Crippen LogP contribution in [0, 0.1) is 0 Å². The van der Waals surface area contributed by atoms with Crippen molar-refractivity contribution < 1.29 is 13.2 Å². The molecule has 4 aromatic rings. The first-order valence-corrected chi connectivity index (χ1v) is 12.2. The van der Waals surface area contributed by atoms with E-state index in [1.54, 1.807) is 11.4 Å². The zero-order valence-electron chi connectivity index (χ0n) is 16.6. The van der Waals surface area contributed by atoms with Crippen LogP contribution in [-0.4, -0.2) is 30.8 Å². The van der Waals surface area contributed by atoms with Crippen LogP contribution >= 0.6 is 11.3 Å². The number of carbonyl (C=O) groups is 1. The SMILES string of the molecule is O=C(CCNS(=O)(=O)c1cccs1)NC(Cc1ccccc1)c1nc2ccccc2[nH]1. The molecule has 0 aliphatic rings. The summed E-state index contributed by atoms with van der Waals surface area (Å²) < 4.78 is 27.1. The van der Waals surface area contributed by atoms with Crippen molar-refractivity contribution in [2.24, 2.45) is 0 Å². The van der Waals surface area contributed by atoms with Gasteiger partial charge < -0.3 is 10.3 Å². The van der Waals surface area contributed by atoms with Gasteiger partial charge >= 0.3 is 0 Å². The Morgan fingerprint density at radius 2 is 1.81 bits per heavy atom. The molecular formula is C22H22N4O3S2. The molecule has 1 amide bonds. The molecule has 0 aliphatic heterocycles. The van der Waals surface area contributed by atoms with E-state index in [1.165, 1.54) is 6.07 Å². The van der Waals surface area contributed by atoms with E-state index in [0.29, 0.717) is 12.2 Å². The van der Waals surface area contributed by atoms with Gasteiger partial charge in [-0.2, -0.15) is 0 Å². The van der Waals surface area contributed by atoms with Gasteiger partial charge in [-0.1, -0.05) is 48.5 Å². The highest BCUT2D eigenvalue weighted by Gasteiger charge is 2.20. The van der Waals surface area contributed by atoms with Gasteiger partial charge in [0.1, 0.15) is 10.0 Å². The fourth-order valence-corrected chi connectivity index (χ4v) is 5.33. The number of hydrogen-bond acceptors (Lipinski definition) is 5. The van der Waals surface area contributed by atoms with Gasteiger partial charge in [0.2, 0.25) is 15.9 Å². The summed E-state index contributed by atoms with van der Waals surface area (Å²) in [4.78, 5) is 20.5. The van der Waals surface area contributed by atoms with Gasteiger partial charge in [-0.05, 0) is 35.6 Å². The fourth-order valence-electron chi connectivity index (χ4n) is 3.26. The number of aromatic nitrogens is 2. The zero-order chi connectivity index (χ0) is 21.7. The molecule has 0 saturated heterocycles. The molecule has 0 saturated carbocycles. The van der Waals surface area contributed by atoms with Crippen molar-refractivity contribution >= 4 is 38.3 Å². The molecule has 2 aromatic carbocycles. The van der Waals surface area contributed by atoms with E-state index in [0.717, 1.165) is 27.9 Å². The second kappa shape index (κ2) is 9.42. The van der Waals surface area contributed by atoms with Gasteiger partial charge in [-0.25, -0.2) is 18.1 Å². The van der Waals surface area contributed by atoms with Crippen LogP contribution in [0.5, 0.6) is 0 Å². The van der Waals surface area contributed by atoms with Gasteiger partial charge in [0.05, 0.1) is 17.1 Å². The molecule has 7 nitrogen and oxygen atoms in total. The smallest absolute Gasteiger partial charge is 0.250 e. The number of imidazole rings is 1. The fraction of sp³-hybridized carbons (Fsp3) is 0.182. The number of fused-ring (bicyclic) bond motifs is 1. The molecule has 9 heteroatoms. The summed E-state index contributed by atoms with van der Waals surface area (Å²) in [7, 11) is -3.59. The first-order valence-electron chi connectivity index (χ1n) is 9.82. The lowest BCUT2D eigenvalue weighted by atomic mass is 10.1. The lowest BCUT2D eigenvalue weighted by Gasteiger charge is -2.17. The molecular weight excluding hydrogens is 432 g/mol. The average molecular weight is 455 g/mol. The maximum absolute atomic E-state index is 12.6. The number of carbonyl (C=O) groups excluding carboxylic acids is 1. The molecule has 31 heavy (non-hydrogen) atoms. The number of benzene rings is 2. The number of amides is 1. The third kappa shape index (κ3) is 5.38. The van der Waals surface area contributed by atoms with E-state index >= 15 is 0 Å². The summed E-state index contributed by atoms with van der Waals surface area (Å²) in [6.07, 6.45) is 0.587. The number of sulfonamides is 1. The maximum atomic E-state index is 12.6. The van der Waals surface area contributed by atoms with Crippen molar-refractivity contribution in [3.05, 3.63) is 83.5 Å². The summed E-state index contributed by atoms with van der Waals surface area (Å²) >= 11 is 1.14. The lowest BCUT2D eigenvalue weighted by molar-refractivity contribution is -0.121. The Morgan fingerprint density at radius 1 is 1.03 bits per heavy atom. The van der Waals surface area contributed by atoms with Crippen LogP contribution < -0.4 is 10.0 Å². The molecule has 2 heterocycles. The minimum absolute atomic E-state index is 0.0181. The Kier molecular flexibility index (Phi) is 6.45. The Hall–Kier alpha value is -3.01. The monoisotopic (exact) mass is 454 g/mol. The van der Waals surface area contributed by atoms with Crippen molar-refractivity contribution in [1.29, 1.82) is 0 Å². The maximum Gasteiger partial charge on any atom is 0.250 e. The van der Waals surface area contributed by atoms with Crippen molar-refractivity contribution in [3.8, 4) is 0 Å². The van der Waals surface area contributed by atoms with E-state index in [2.05, 4.69) is 20.0 Å². The number of para-hydroxylation sites is 2. The van der Waals surface area contributed by atoms with Crippen LogP contribution in [0.1, 0.15) is 23.9 Å². The van der Waals surface area contributed by atoms with Crippen LogP contribution in [0.15, 0.2) is 76.3 Å². The van der Waals surface area contributed by atoms with Crippen molar-refractivity contribution in [2.75, 3.05) is 6.54 Å². The quantitative estimate of drug-likeness (QED) is 0.361. The predicted molar refractivity (Wildman–Crippen MR) is 121 cm³/mol. The molecule has 0 radical (unpaired) electrons. The first-order chi connectivity index (χ1) is 15.0. The molecule has 0 bridgehead atoms. The van der Waals surface area contributed by atoms with Crippen molar-refractivity contribution in [3.63, 3.8) is 0 Å². The molecule has 1 unspecified atom stereocenters. The van der Waals surface area contributed by atoms with Crippen LogP contribution in [0.25, 0.3) is 11.0 Å². The van der Waals surface area contributed by atoms with Crippen LogP contribution in [0.4, 0.5) is 0 Å². The number of hydrogen-bond donors (Lipinski definition) is 3. The topological polar surface area (TPSA) is 104 Å². The van der Waals surface area contributed by atoms with Gasteiger partial charge in [-0.15, -0.1) is 11.3 Å².